The molecule has 2 N–H and O–H groups in total. The first kappa shape index (κ1) is 16.1. The van der Waals surface area contributed by atoms with E-state index in [9.17, 15) is 4.79 Å². The van der Waals surface area contributed by atoms with Gasteiger partial charge in [-0.25, -0.2) is 0 Å². The van der Waals surface area contributed by atoms with Crippen molar-refractivity contribution in [3.8, 4) is 6.07 Å². The van der Waals surface area contributed by atoms with Crippen LogP contribution in [0, 0.1) is 11.3 Å². The van der Waals surface area contributed by atoms with Crippen LogP contribution in [0.1, 0.15) is 11.3 Å². The minimum Gasteiger partial charge on any atom is -0.450 e. The van der Waals surface area contributed by atoms with Gasteiger partial charge >= 0.3 is 0 Å². The Labute approximate surface area is 147 Å². The quantitative estimate of drug-likeness (QED) is 0.519. The Morgan fingerprint density at radius 1 is 1.33 bits per heavy atom. The third-order valence-electron chi connectivity index (χ3n) is 3.60. The summed E-state index contributed by atoms with van der Waals surface area (Å²) in [6, 6.07) is 13.3. The SMILES string of the molecule is N#CC(=Cc1ccc(Br)o1)C(=O)NCCc1c[nH]c2ccccc12. The number of halogens is 1. The standard InChI is InChI=1S/C18H14BrN3O2/c19-17-6-5-14(24-17)9-13(10-20)18(23)21-8-7-12-11-22-16-4-2-1-3-15(12)16/h1-6,9,11,22H,7-8H2,(H,21,23). The predicted molar refractivity (Wildman–Crippen MR) is 95.0 cm³/mol. The van der Waals surface area contributed by atoms with Crippen molar-refractivity contribution < 1.29 is 9.21 Å². The van der Waals surface area contributed by atoms with Gasteiger partial charge in [-0.1, -0.05) is 18.2 Å². The highest BCUT2D eigenvalue weighted by Crippen LogP contribution is 2.18. The minimum atomic E-state index is -0.412. The number of aromatic nitrogens is 1. The molecule has 0 saturated carbocycles. The van der Waals surface area contributed by atoms with E-state index in [4.69, 9.17) is 9.68 Å². The lowest BCUT2D eigenvalue weighted by Crippen LogP contribution is -2.26. The number of amides is 1. The minimum absolute atomic E-state index is 0.00998. The molecule has 3 rings (SSSR count). The number of hydrogen-bond donors (Lipinski definition) is 2. The lowest BCUT2D eigenvalue weighted by Gasteiger charge is -2.03. The first-order valence-corrected chi connectivity index (χ1v) is 8.17. The molecule has 0 spiro atoms. The first-order chi connectivity index (χ1) is 11.7. The topological polar surface area (TPSA) is 81.8 Å². The third-order valence-corrected chi connectivity index (χ3v) is 4.03. The van der Waals surface area contributed by atoms with Gasteiger partial charge in [-0.3, -0.25) is 4.79 Å². The summed E-state index contributed by atoms with van der Waals surface area (Å²) < 4.78 is 5.83. The van der Waals surface area contributed by atoms with E-state index in [1.807, 2.05) is 36.5 Å². The first-order valence-electron chi connectivity index (χ1n) is 7.37. The maximum atomic E-state index is 12.1. The van der Waals surface area contributed by atoms with Gasteiger partial charge < -0.3 is 14.7 Å². The second-order valence-corrected chi connectivity index (χ2v) is 5.96. The maximum absolute atomic E-state index is 12.1. The van der Waals surface area contributed by atoms with Gasteiger partial charge in [-0.2, -0.15) is 5.26 Å². The summed E-state index contributed by atoms with van der Waals surface area (Å²) >= 11 is 3.18. The molecule has 0 aliphatic carbocycles. The highest BCUT2D eigenvalue weighted by molar-refractivity contribution is 9.10. The molecule has 2 aromatic heterocycles. The summed E-state index contributed by atoms with van der Waals surface area (Å²) in [7, 11) is 0. The normalized spacial score (nSPS) is 11.4. The number of aromatic amines is 1. The van der Waals surface area contributed by atoms with Crippen LogP contribution in [0.25, 0.3) is 17.0 Å². The van der Waals surface area contributed by atoms with E-state index >= 15 is 0 Å². The van der Waals surface area contributed by atoms with Crippen LogP contribution in [-0.4, -0.2) is 17.4 Å². The Morgan fingerprint density at radius 3 is 2.92 bits per heavy atom. The number of H-pyrrole nitrogens is 1. The summed E-state index contributed by atoms with van der Waals surface area (Å²) in [6.07, 6.45) is 4.05. The van der Waals surface area contributed by atoms with Gasteiger partial charge in [0.25, 0.3) is 5.91 Å². The highest BCUT2D eigenvalue weighted by atomic mass is 79.9. The molecular weight excluding hydrogens is 370 g/mol. The average Bonchev–Trinajstić information content (AvgIpc) is 3.19. The van der Waals surface area contributed by atoms with Crippen LogP contribution in [0.3, 0.4) is 0 Å². The second-order valence-electron chi connectivity index (χ2n) is 5.18. The highest BCUT2D eigenvalue weighted by Gasteiger charge is 2.10. The molecule has 0 bridgehead atoms. The molecule has 0 unspecified atom stereocenters. The maximum Gasteiger partial charge on any atom is 0.262 e. The number of nitrogens with zero attached hydrogens (tertiary/aromatic N) is 1. The second kappa shape index (κ2) is 7.20. The van der Waals surface area contributed by atoms with Gasteiger partial charge in [0.05, 0.1) is 0 Å². The number of carbonyl (C=O) groups is 1. The average molecular weight is 384 g/mol. The van der Waals surface area contributed by atoms with Crippen molar-refractivity contribution in [2.75, 3.05) is 6.54 Å². The zero-order valence-corrected chi connectivity index (χ0v) is 14.3. The monoisotopic (exact) mass is 383 g/mol. The number of benzene rings is 1. The van der Waals surface area contributed by atoms with Crippen LogP contribution in [0.2, 0.25) is 0 Å². The van der Waals surface area contributed by atoms with E-state index in [2.05, 4.69) is 26.2 Å². The van der Waals surface area contributed by atoms with Gasteiger partial charge in [0, 0.05) is 29.7 Å². The summed E-state index contributed by atoms with van der Waals surface area (Å²) in [6.45, 7) is 0.446. The van der Waals surface area contributed by atoms with Crippen molar-refractivity contribution in [1.29, 1.82) is 5.26 Å². The fourth-order valence-corrected chi connectivity index (χ4v) is 2.76. The Balaban J connectivity index is 1.62. The molecule has 6 heteroatoms. The molecule has 0 fully saturated rings. The van der Waals surface area contributed by atoms with Crippen molar-refractivity contribution >= 4 is 38.8 Å². The lowest BCUT2D eigenvalue weighted by atomic mass is 10.1. The Hall–Kier alpha value is -2.78. The molecule has 0 saturated heterocycles. The third kappa shape index (κ3) is 3.58. The van der Waals surface area contributed by atoms with E-state index in [1.54, 1.807) is 12.1 Å². The van der Waals surface area contributed by atoms with E-state index in [1.165, 1.54) is 6.08 Å². The number of carbonyl (C=O) groups excluding carboxylic acids is 1. The van der Waals surface area contributed by atoms with Gasteiger partial charge in [0.15, 0.2) is 4.67 Å². The molecule has 0 aliphatic heterocycles. The van der Waals surface area contributed by atoms with Gasteiger partial charge in [0.2, 0.25) is 0 Å². The number of nitriles is 1. The molecule has 3 aromatic rings. The number of fused-ring (bicyclic) bond motifs is 1. The molecule has 2 heterocycles. The van der Waals surface area contributed by atoms with Crippen molar-refractivity contribution in [3.05, 3.63) is 64.2 Å². The predicted octanol–water partition coefficient (Wildman–Crippen LogP) is 3.79. The molecule has 0 atom stereocenters. The smallest absolute Gasteiger partial charge is 0.262 e. The summed E-state index contributed by atoms with van der Waals surface area (Å²) in [5.41, 5.74) is 2.21. The molecule has 0 radical (unpaired) electrons. The van der Waals surface area contributed by atoms with Gasteiger partial charge in [-0.05, 0) is 46.1 Å². The summed E-state index contributed by atoms with van der Waals surface area (Å²) in [5.74, 6) is 0.0371. The molecule has 120 valence electrons. The van der Waals surface area contributed by atoms with Crippen LogP contribution in [0.4, 0.5) is 0 Å². The lowest BCUT2D eigenvalue weighted by molar-refractivity contribution is -0.117. The van der Waals surface area contributed by atoms with Crippen LogP contribution >= 0.6 is 15.9 Å². The van der Waals surface area contributed by atoms with Crippen LogP contribution in [-0.2, 0) is 11.2 Å². The molecule has 0 aliphatic rings. The number of hydrogen-bond acceptors (Lipinski definition) is 3. The van der Waals surface area contributed by atoms with Crippen molar-refractivity contribution in [2.24, 2.45) is 0 Å². The van der Waals surface area contributed by atoms with E-state index < -0.39 is 5.91 Å². The van der Waals surface area contributed by atoms with E-state index in [-0.39, 0.29) is 5.57 Å². The van der Waals surface area contributed by atoms with Crippen molar-refractivity contribution in [2.45, 2.75) is 6.42 Å². The van der Waals surface area contributed by atoms with E-state index in [0.29, 0.717) is 23.4 Å². The fraction of sp³-hybridized carbons (Fsp3) is 0.111. The van der Waals surface area contributed by atoms with Crippen LogP contribution in [0.15, 0.2) is 57.3 Å². The van der Waals surface area contributed by atoms with E-state index in [0.717, 1.165) is 16.5 Å². The van der Waals surface area contributed by atoms with Gasteiger partial charge in [-0.15, -0.1) is 0 Å². The van der Waals surface area contributed by atoms with Crippen LogP contribution in [0.5, 0.6) is 0 Å². The Morgan fingerprint density at radius 2 is 2.17 bits per heavy atom. The molecule has 5 nitrogen and oxygen atoms in total. The Kier molecular flexibility index (Phi) is 4.82. The molecular formula is C18H14BrN3O2. The molecule has 1 aromatic carbocycles. The summed E-state index contributed by atoms with van der Waals surface area (Å²) in [4.78, 5) is 15.3. The van der Waals surface area contributed by atoms with Crippen molar-refractivity contribution in [3.63, 3.8) is 0 Å². The zero-order valence-electron chi connectivity index (χ0n) is 12.7. The largest absolute Gasteiger partial charge is 0.450 e. The number of para-hydroxylation sites is 1. The molecule has 1 amide bonds. The Bertz CT molecular complexity index is 946. The van der Waals surface area contributed by atoms with Gasteiger partial charge in [0.1, 0.15) is 17.4 Å². The van der Waals surface area contributed by atoms with Crippen molar-refractivity contribution in [1.82, 2.24) is 10.3 Å². The summed E-state index contributed by atoms with van der Waals surface area (Å²) in [5, 5.41) is 13.1. The zero-order chi connectivity index (χ0) is 16.9. The molecule has 24 heavy (non-hydrogen) atoms. The van der Waals surface area contributed by atoms with Crippen LogP contribution < -0.4 is 5.32 Å². The number of rotatable bonds is 5. The fourth-order valence-electron chi connectivity index (χ4n) is 2.44. The number of furan rings is 1. The number of nitrogens with one attached hydrogen (secondary N) is 2.